The molecule has 3 N–H and O–H groups in total. The van der Waals surface area contributed by atoms with Gasteiger partial charge < -0.3 is 20.5 Å². The Morgan fingerprint density at radius 2 is 1.51 bits per heavy atom. The van der Waals surface area contributed by atoms with Crippen LogP contribution < -0.4 is 10.6 Å². The normalized spacial score (nSPS) is 20.0. The first-order valence-corrected chi connectivity index (χ1v) is 12.5. The maximum atomic E-state index is 12.7. The minimum absolute atomic E-state index is 0.0135. The second-order valence-corrected chi connectivity index (χ2v) is 9.98. The Bertz CT molecular complexity index is 1030. The van der Waals surface area contributed by atoms with Crippen molar-refractivity contribution in [3.63, 3.8) is 0 Å². The number of carbonyl (C=O) groups is 3. The Hall–Kier alpha value is -3.35. The molecule has 35 heavy (non-hydrogen) atoms. The van der Waals surface area contributed by atoms with Crippen LogP contribution >= 0.6 is 0 Å². The van der Waals surface area contributed by atoms with Gasteiger partial charge in [-0.3, -0.25) is 9.59 Å². The zero-order chi connectivity index (χ0) is 24.9. The van der Waals surface area contributed by atoms with Crippen LogP contribution in [0, 0.1) is 11.8 Å². The zero-order valence-electron chi connectivity index (χ0n) is 20.3. The van der Waals surface area contributed by atoms with E-state index in [1.807, 2.05) is 38.1 Å². The summed E-state index contributed by atoms with van der Waals surface area (Å²) >= 11 is 0. The predicted molar refractivity (Wildman–Crippen MR) is 133 cm³/mol. The van der Waals surface area contributed by atoms with Gasteiger partial charge in [0.1, 0.15) is 6.61 Å². The van der Waals surface area contributed by atoms with Gasteiger partial charge in [-0.1, -0.05) is 62.4 Å². The number of hydrogen-bond donors (Lipinski definition) is 3. The maximum absolute atomic E-state index is 12.7. The number of rotatable bonds is 8. The van der Waals surface area contributed by atoms with E-state index in [9.17, 15) is 14.4 Å². The quantitative estimate of drug-likeness (QED) is 0.510. The molecular formula is C28H34N2O5. The largest absolute Gasteiger partial charge is 0.481 e. The second kappa shape index (κ2) is 10.9. The van der Waals surface area contributed by atoms with Crippen LogP contribution in [-0.2, 0) is 14.3 Å². The molecule has 1 fully saturated rings. The Morgan fingerprint density at radius 1 is 0.943 bits per heavy atom. The molecule has 2 aliphatic rings. The van der Waals surface area contributed by atoms with Crippen LogP contribution in [0.4, 0.5) is 4.79 Å². The minimum atomic E-state index is -0.762. The van der Waals surface area contributed by atoms with Gasteiger partial charge in [0.05, 0.1) is 5.92 Å². The molecule has 1 saturated carbocycles. The molecule has 2 aromatic rings. The van der Waals surface area contributed by atoms with E-state index < -0.39 is 12.1 Å². The molecule has 0 radical (unpaired) electrons. The lowest BCUT2D eigenvalue weighted by Gasteiger charge is -2.28. The van der Waals surface area contributed by atoms with Crippen molar-refractivity contribution in [2.75, 3.05) is 6.61 Å². The van der Waals surface area contributed by atoms with Crippen LogP contribution in [0.25, 0.3) is 11.1 Å². The number of aliphatic carboxylic acids is 1. The van der Waals surface area contributed by atoms with E-state index in [4.69, 9.17) is 9.84 Å². The fourth-order valence-corrected chi connectivity index (χ4v) is 5.22. The van der Waals surface area contributed by atoms with E-state index in [-0.39, 0.29) is 48.8 Å². The molecule has 7 nitrogen and oxygen atoms in total. The molecule has 0 aromatic heterocycles. The van der Waals surface area contributed by atoms with Gasteiger partial charge in [0.15, 0.2) is 0 Å². The van der Waals surface area contributed by atoms with Crippen LogP contribution in [0.5, 0.6) is 0 Å². The van der Waals surface area contributed by atoms with Gasteiger partial charge in [0.25, 0.3) is 0 Å². The molecule has 0 aliphatic heterocycles. The molecule has 0 unspecified atom stereocenters. The Kier molecular flexibility index (Phi) is 7.73. The van der Waals surface area contributed by atoms with Gasteiger partial charge in [-0.25, -0.2) is 4.79 Å². The Balaban J connectivity index is 1.29. The lowest BCUT2D eigenvalue weighted by molar-refractivity contribution is -0.142. The molecular weight excluding hydrogens is 444 g/mol. The summed E-state index contributed by atoms with van der Waals surface area (Å²) in [5.41, 5.74) is 4.65. The van der Waals surface area contributed by atoms with Crippen molar-refractivity contribution in [2.45, 2.75) is 64.0 Å². The van der Waals surface area contributed by atoms with E-state index >= 15 is 0 Å². The first kappa shape index (κ1) is 24.8. The molecule has 7 heteroatoms. The van der Waals surface area contributed by atoms with E-state index in [1.54, 1.807) is 0 Å². The lowest BCUT2D eigenvalue weighted by Crippen LogP contribution is -2.45. The summed E-state index contributed by atoms with van der Waals surface area (Å²) in [5, 5.41) is 15.0. The molecule has 2 aliphatic carbocycles. The van der Waals surface area contributed by atoms with Crippen molar-refractivity contribution in [1.29, 1.82) is 0 Å². The molecule has 0 saturated heterocycles. The molecule has 1 atom stereocenters. The third-order valence-electron chi connectivity index (χ3n) is 7.30. The number of carbonyl (C=O) groups excluding carboxylic acids is 2. The highest BCUT2D eigenvalue weighted by Crippen LogP contribution is 2.44. The summed E-state index contributed by atoms with van der Waals surface area (Å²) < 4.78 is 5.65. The molecule has 4 rings (SSSR count). The first-order valence-electron chi connectivity index (χ1n) is 12.5. The number of carboxylic acids is 1. The van der Waals surface area contributed by atoms with Crippen LogP contribution in [0.1, 0.15) is 63.0 Å². The summed E-state index contributed by atoms with van der Waals surface area (Å²) in [7, 11) is 0. The topological polar surface area (TPSA) is 105 Å². The van der Waals surface area contributed by atoms with Crippen molar-refractivity contribution >= 4 is 18.0 Å². The number of hydrogen-bond acceptors (Lipinski definition) is 4. The second-order valence-electron chi connectivity index (χ2n) is 9.98. The average Bonchev–Trinajstić information content (AvgIpc) is 3.16. The molecule has 2 amide bonds. The van der Waals surface area contributed by atoms with Crippen LogP contribution in [0.3, 0.4) is 0 Å². The number of amides is 2. The van der Waals surface area contributed by atoms with E-state index in [0.29, 0.717) is 25.7 Å². The maximum Gasteiger partial charge on any atom is 0.407 e. The first-order chi connectivity index (χ1) is 16.8. The van der Waals surface area contributed by atoms with Crippen molar-refractivity contribution in [3.8, 4) is 11.1 Å². The highest BCUT2D eigenvalue weighted by Gasteiger charge is 2.30. The molecule has 0 spiro atoms. The Morgan fingerprint density at radius 3 is 2.06 bits per heavy atom. The summed E-state index contributed by atoms with van der Waals surface area (Å²) in [4.78, 5) is 36.5. The van der Waals surface area contributed by atoms with Crippen molar-refractivity contribution in [2.24, 2.45) is 11.8 Å². The highest BCUT2D eigenvalue weighted by molar-refractivity contribution is 5.80. The van der Waals surface area contributed by atoms with E-state index in [0.717, 1.165) is 11.1 Å². The Labute approximate surface area is 206 Å². The number of alkyl carbamates (subject to hydrolysis) is 1. The molecule has 2 aromatic carbocycles. The SMILES string of the molecule is CC(C)[C@@H](CC(=O)NC1CCC(C(=O)O)CC1)NC(=O)OCC1c2ccccc2-c2ccccc21. The van der Waals surface area contributed by atoms with Crippen molar-refractivity contribution < 1.29 is 24.2 Å². The monoisotopic (exact) mass is 478 g/mol. The van der Waals surface area contributed by atoms with Gasteiger partial charge in [0.2, 0.25) is 5.91 Å². The fraction of sp³-hybridized carbons (Fsp3) is 0.464. The summed E-state index contributed by atoms with van der Waals surface area (Å²) in [6, 6.07) is 16.0. The number of ether oxygens (including phenoxy) is 1. The van der Waals surface area contributed by atoms with Crippen molar-refractivity contribution in [3.05, 3.63) is 59.7 Å². The summed E-state index contributed by atoms with van der Waals surface area (Å²) in [5.74, 6) is -1.19. The standard InChI is InChI=1S/C28H34N2O5/c1-17(2)25(15-26(31)29-19-13-11-18(12-14-19)27(32)33)30-28(34)35-16-24-22-9-5-3-7-20(22)21-8-4-6-10-23(21)24/h3-10,17-19,24-25H,11-16H2,1-2H3,(H,29,31)(H,30,34)(H,32,33)/t18?,19?,25-/m1/s1. The summed E-state index contributed by atoms with van der Waals surface area (Å²) in [6.45, 7) is 4.14. The molecule has 0 heterocycles. The number of nitrogens with one attached hydrogen (secondary N) is 2. The van der Waals surface area contributed by atoms with Crippen LogP contribution in [0.2, 0.25) is 0 Å². The third kappa shape index (κ3) is 5.84. The third-order valence-corrected chi connectivity index (χ3v) is 7.30. The number of carboxylic acid groups (broad SMARTS) is 1. The van der Waals surface area contributed by atoms with Gasteiger partial charge in [0, 0.05) is 24.4 Å². The van der Waals surface area contributed by atoms with Crippen LogP contribution in [-0.4, -0.2) is 41.8 Å². The van der Waals surface area contributed by atoms with E-state index in [2.05, 4.69) is 34.9 Å². The summed E-state index contributed by atoms with van der Waals surface area (Å²) in [6.07, 6.45) is 2.10. The van der Waals surface area contributed by atoms with Gasteiger partial charge in [-0.05, 0) is 53.9 Å². The van der Waals surface area contributed by atoms with Crippen molar-refractivity contribution in [1.82, 2.24) is 10.6 Å². The van der Waals surface area contributed by atoms with Gasteiger partial charge in [-0.2, -0.15) is 0 Å². The smallest absolute Gasteiger partial charge is 0.407 e. The molecule has 0 bridgehead atoms. The fourth-order valence-electron chi connectivity index (χ4n) is 5.22. The minimum Gasteiger partial charge on any atom is -0.481 e. The zero-order valence-corrected chi connectivity index (χ0v) is 20.3. The van der Waals surface area contributed by atoms with Gasteiger partial charge >= 0.3 is 12.1 Å². The van der Waals surface area contributed by atoms with Gasteiger partial charge in [-0.15, -0.1) is 0 Å². The van der Waals surface area contributed by atoms with E-state index in [1.165, 1.54) is 11.1 Å². The highest BCUT2D eigenvalue weighted by atomic mass is 16.5. The average molecular weight is 479 g/mol. The van der Waals surface area contributed by atoms with Crippen LogP contribution in [0.15, 0.2) is 48.5 Å². The predicted octanol–water partition coefficient (Wildman–Crippen LogP) is 4.70. The lowest BCUT2D eigenvalue weighted by atomic mass is 9.86. The molecule has 186 valence electrons. The number of benzene rings is 2. The number of fused-ring (bicyclic) bond motifs is 3.